The van der Waals surface area contributed by atoms with Crippen LogP contribution in [0.25, 0.3) is 10.8 Å². The van der Waals surface area contributed by atoms with E-state index in [1.165, 1.54) is 12.1 Å². The fraction of sp³-hybridized carbons (Fsp3) is 0.0833. The van der Waals surface area contributed by atoms with Gasteiger partial charge in [-0.25, -0.2) is 0 Å². The van der Waals surface area contributed by atoms with Gasteiger partial charge < -0.3 is 4.74 Å². The zero-order valence-electron chi connectivity index (χ0n) is 17.9. The highest BCUT2D eigenvalue weighted by molar-refractivity contribution is 7.85. The summed E-state index contributed by atoms with van der Waals surface area (Å²) < 4.78 is 38.3. The van der Waals surface area contributed by atoms with Gasteiger partial charge in [0.2, 0.25) is 0 Å². The van der Waals surface area contributed by atoms with Gasteiger partial charge in [0.15, 0.2) is 0 Å². The van der Waals surface area contributed by atoms with Crippen LogP contribution >= 0.6 is 0 Å². The Morgan fingerprint density at radius 1 is 0.727 bits per heavy atom. The van der Waals surface area contributed by atoms with E-state index in [9.17, 15) is 13.0 Å². The van der Waals surface area contributed by atoms with Crippen molar-refractivity contribution in [1.82, 2.24) is 0 Å². The molecule has 33 heavy (non-hydrogen) atoms. The fourth-order valence-electron chi connectivity index (χ4n) is 3.22. The summed E-state index contributed by atoms with van der Waals surface area (Å²) in [6.45, 7) is 1.93. The molecule has 8 nitrogen and oxygen atoms in total. The summed E-state index contributed by atoms with van der Waals surface area (Å²) in [6, 6.07) is 22.4. The van der Waals surface area contributed by atoms with Crippen molar-refractivity contribution >= 4 is 43.6 Å². The van der Waals surface area contributed by atoms with Gasteiger partial charge in [0.1, 0.15) is 11.4 Å². The van der Waals surface area contributed by atoms with Crippen LogP contribution in [-0.4, -0.2) is 20.1 Å². The van der Waals surface area contributed by atoms with Crippen LogP contribution in [-0.2, 0) is 10.1 Å². The SMILES string of the molecule is COc1ccc(C)cc1N=Nc1ccc(N=Nc2ccccc2)c2ccc(S(=O)(=O)O)cc12. The molecular formula is C24H20N4O4S. The van der Waals surface area contributed by atoms with Crippen molar-refractivity contribution < 1.29 is 17.7 Å². The number of hydrogen-bond acceptors (Lipinski definition) is 7. The molecule has 0 saturated carbocycles. The molecule has 0 aliphatic heterocycles. The van der Waals surface area contributed by atoms with Gasteiger partial charge >= 0.3 is 0 Å². The number of hydrogen-bond donors (Lipinski definition) is 1. The van der Waals surface area contributed by atoms with Gasteiger partial charge in [-0.15, -0.1) is 15.3 Å². The quantitative estimate of drug-likeness (QED) is 0.241. The zero-order valence-corrected chi connectivity index (χ0v) is 18.7. The second-order valence-electron chi connectivity index (χ2n) is 7.20. The van der Waals surface area contributed by atoms with E-state index in [1.807, 2.05) is 49.4 Å². The Hall–Kier alpha value is -3.95. The molecule has 0 heterocycles. The smallest absolute Gasteiger partial charge is 0.294 e. The average Bonchev–Trinajstić information content (AvgIpc) is 2.81. The number of nitrogens with zero attached hydrogens (tertiary/aromatic N) is 4. The molecule has 0 spiro atoms. The van der Waals surface area contributed by atoms with Gasteiger partial charge in [0.05, 0.1) is 29.1 Å². The lowest BCUT2D eigenvalue weighted by atomic mass is 10.1. The molecular weight excluding hydrogens is 440 g/mol. The summed E-state index contributed by atoms with van der Waals surface area (Å²) in [5.74, 6) is 0.556. The first-order valence-corrected chi connectivity index (χ1v) is 11.4. The maximum absolute atomic E-state index is 11.7. The van der Waals surface area contributed by atoms with E-state index < -0.39 is 10.1 Å². The fourth-order valence-corrected chi connectivity index (χ4v) is 3.73. The molecule has 0 unspecified atom stereocenters. The number of benzene rings is 4. The first kappa shape index (κ1) is 22.3. The monoisotopic (exact) mass is 460 g/mol. The van der Waals surface area contributed by atoms with E-state index in [4.69, 9.17) is 4.74 Å². The number of rotatable bonds is 6. The highest BCUT2D eigenvalue weighted by atomic mass is 32.2. The topological polar surface area (TPSA) is 113 Å². The van der Waals surface area contributed by atoms with Crippen molar-refractivity contribution in [2.45, 2.75) is 11.8 Å². The minimum Gasteiger partial charge on any atom is -0.494 e. The van der Waals surface area contributed by atoms with E-state index in [2.05, 4.69) is 20.5 Å². The molecule has 0 aliphatic rings. The van der Waals surface area contributed by atoms with Gasteiger partial charge in [-0.3, -0.25) is 4.55 Å². The van der Waals surface area contributed by atoms with E-state index in [1.54, 1.807) is 31.4 Å². The summed E-state index contributed by atoms with van der Waals surface area (Å²) in [5, 5.41) is 18.3. The molecule has 0 radical (unpaired) electrons. The Kier molecular flexibility index (Phi) is 6.25. The van der Waals surface area contributed by atoms with Gasteiger partial charge in [0.25, 0.3) is 10.1 Å². The van der Waals surface area contributed by atoms with Crippen molar-refractivity contribution in [3.05, 3.63) is 84.4 Å². The van der Waals surface area contributed by atoms with E-state index in [0.717, 1.165) is 5.56 Å². The Bertz CT molecular complexity index is 1480. The Labute approximate surface area is 191 Å². The Morgan fingerprint density at radius 3 is 2.09 bits per heavy atom. The third-order valence-electron chi connectivity index (χ3n) is 4.87. The van der Waals surface area contributed by atoms with Gasteiger partial charge in [-0.2, -0.15) is 13.5 Å². The van der Waals surface area contributed by atoms with Gasteiger partial charge in [-0.05, 0) is 61.0 Å². The number of fused-ring (bicyclic) bond motifs is 1. The molecule has 0 aliphatic carbocycles. The predicted octanol–water partition coefficient (Wildman–Crippen LogP) is 7.23. The van der Waals surface area contributed by atoms with Crippen LogP contribution < -0.4 is 4.74 Å². The van der Waals surface area contributed by atoms with E-state index in [0.29, 0.717) is 39.3 Å². The maximum Gasteiger partial charge on any atom is 0.294 e. The number of azo groups is 2. The minimum absolute atomic E-state index is 0.253. The molecule has 0 aromatic heterocycles. The molecule has 9 heteroatoms. The van der Waals surface area contributed by atoms with Crippen LogP contribution in [0.1, 0.15) is 5.56 Å². The third kappa shape index (κ3) is 5.11. The van der Waals surface area contributed by atoms with Crippen molar-refractivity contribution in [2.75, 3.05) is 7.11 Å². The normalized spacial score (nSPS) is 12.1. The highest BCUT2D eigenvalue weighted by Gasteiger charge is 2.14. The Balaban J connectivity index is 1.84. The van der Waals surface area contributed by atoms with Crippen molar-refractivity contribution in [1.29, 1.82) is 0 Å². The summed E-state index contributed by atoms with van der Waals surface area (Å²) in [6.07, 6.45) is 0. The first-order chi connectivity index (χ1) is 15.8. The first-order valence-electron chi connectivity index (χ1n) is 9.92. The molecule has 0 amide bonds. The average molecular weight is 461 g/mol. The number of methoxy groups -OCH3 is 1. The summed E-state index contributed by atoms with van der Waals surface area (Å²) >= 11 is 0. The largest absolute Gasteiger partial charge is 0.494 e. The predicted molar refractivity (Wildman–Crippen MR) is 126 cm³/mol. The molecule has 0 saturated heterocycles. The van der Waals surface area contributed by atoms with Crippen LogP contribution in [0, 0.1) is 6.92 Å². The van der Waals surface area contributed by atoms with Crippen LogP contribution in [0.3, 0.4) is 0 Å². The zero-order chi connectivity index (χ0) is 23.4. The summed E-state index contributed by atoms with van der Waals surface area (Å²) in [5.41, 5.74) is 3.11. The van der Waals surface area contributed by atoms with E-state index in [-0.39, 0.29) is 4.90 Å². The van der Waals surface area contributed by atoms with Crippen LogP contribution in [0.4, 0.5) is 22.7 Å². The van der Waals surface area contributed by atoms with Crippen LogP contribution in [0.15, 0.2) is 104 Å². The lowest BCUT2D eigenvalue weighted by Gasteiger charge is -2.07. The lowest BCUT2D eigenvalue weighted by molar-refractivity contribution is 0.415. The number of ether oxygens (including phenoxy) is 1. The van der Waals surface area contributed by atoms with Gasteiger partial charge in [-0.1, -0.05) is 30.3 Å². The van der Waals surface area contributed by atoms with Gasteiger partial charge in [0, 0.05) is 10.8 Å². The molecule has 4 rings (SSSR count). The van der Waals surface area contributed by atoms with E-state index >= 15 is 0 Å². The third-order valence-corrected chi connectivity index (χ3v) is 5.72. The minimum atomic E-state index is -4.41. The number of aryl methyl sites for hydroxylation is 1. The molecule has 4 aromatic carbocycles. The van der Waals surface area contributed by atoms with Crippen molar-refractivity contribution in [3.63, 3.8) is 0 Å². The summed E-state index contributed by atoms with van der Waals surface area (Å²) in [4.78, 5) is -0.253. The second kappa shape index (κ2) is 9.27. The van der Waals surface area contributed by atoms with Crippen molar-refractivity contribution in [2.24, 2.45) is 20.5 Å². The molecule has 4 aromatic rings. The molecule has 1 N–H and O–H groups in total. The Morgan fingerprint density at radius 2 is 1.39 bits per heavy atom. The van der Waals surface area contributed by atoms with Crippen LogP contribution in [0.5, 0.6) is 5.75 Å². The standard InChI is InChI=1S/C24H20N4O4S/c1-16-8-13-24(32-2)23(14-16)28-27-22-12-11-21(26-25-17-6-4-3-5-7-17)19-10-9-18(15-20(19)22)33(29,30)31/h3-15H,1-2H3,(H,29,30,31). The van der Waals surface area contributed by atoms with Crippen molar-refractivity contribution in [3.8, 4) is 5.75 Å². The maximum atomic E-state index is 11.7. The highest BCUT2D eigenvalue weighted by Crippen LogP contribution is 2.37. The lowest BCUT2D eigenvalue weighted by Crippen LogP contribution is -1.97. The molecule has 0 bridgehead atoms. The second-order valence-corrected chi connectivity index (χ2v) is 8.62. The molecule has 0 atom stereocenters. The molecule has 166 valence electrons. The summed E-state index contributed by atoms with van der Waals surface area (Å²) in [7, 11) is -2.86. The molecule has 0 fully saturated rings. The van der Waals surface area contributed by atoms with Crippen LogP contribution in [0.2, 0.25) is 0 Å².